The SMILES string of the molecule is COSC(CC[C@H](OCc1ccccc1)[C@H](C)O)SC. The van der Waals surface area contributed by atoms with E-state index in [0.717, 1.165) is 18.4 Å². The molecule has 0 spiro atoms. The van der Waals surface area contributed by atoms with Crippen molar-refractivity contribution < 1.29 is 14.0 Å². The van der Waals surface area contributed by atoms with E-state index in [1.54, 1.807) is 25.8 Å². The van der Waals surface area contributed by atoms with Gasteiger partial charge in [-0.15, -0.1) is 11.8 Å². The summed E-state index contributed by atoms with van der Waals surface area (Å²) in [6, 6.07) is 10.0. The first-order valence-electron chi connectivity index (χ1n) is 6.73. The molecule has 114 valence electrons. The van der Waals surface area contributed by atoms with Crippen molar-refractivity contribution in [1.29, 1.82) is 0 Å². The van der Waals surface area contributed by atoms with Gasteiger partial charge in [-0.1, -0.05) is 30.3 Å². The lowest BCUT2D eigenvalue weighted by Gasteiger charge is -2.22. The highest BCUT2D eigenvalue weighted by Gasteiger charge is 2.18. The normalized spacial score (nSPS) is 15.8. The molecular formula is C15H24O3S2. The van der Waals surface area contributed by atoms with Gasteiger partial charge in [0, 0.05) is 12.0 Å². The first-order chi connectivity index (χ1) is 9.67. The van der Waals surface area contributed by atoms with E-state index in [-0.39, 0.29) is 6.10 Å². The quantitative estimate of drug-likeness (QED) is 0.526. The largest absolute Gasteiger partial charge is 0.391 e. The van der Waals surface area contributed by atoms with E-state index in [9.17, 15) is 5.11 Å². The molecule has 1 rings (SSSR count). The van der Waals surface area contributed by atoms with Gasteiger partial charge in [-0.3, -0.25) is 0 Å². The molecule has 1 aromatic carbocycles. The summed E-state index contributed by atoms with van der Waals surface area (Å²) < 4.78 is 11.3. The summed E-state index contributed by atoms with van der Waals surface area (Å²) in [5.41, 5.74) is 1.13. The van der Waals surface area contributed by atoms with Crippen LogP contribution in [0.15, 0.2) is 30.3 Å². The summed E-state index contributed by atoms with van der Waals surface area (Å²) in [6.07, 6.45) is 3.24. The maximum atomic E-state index is 9.84. The lowest BCUT2D eigenvalue weighted by atomic mass is 10.1. The van der Waals surface area contributed by atoms with Crippen molar-refractivity contribution in [3.8, 4) is 0 Å². The van der Waals surface area contributed by atoms with Crippen LogP contribution in [-0.2, 0) is 15.5 Å². The molecule has 0 aliphatic rings. The van der Waals surface area contributed by atoms with Crippen LogP contribution < -0.4 is 0 Å². The Morgan fingerprint density at radius 1 is 1.20 bits per heavy atom. The minimum atomic E-state index is -0.464. The first kappa shape index (κ1) is 17.9. The van der Waals surface area contributed by atoms with Gasteiger partial charge in [-0.2, -0.15) is 0 Å². The molecule has 0 amide bonds. The molecule has 3 atom stereocenters. The number of aliphatic hydroxyl groups is 1. The van der Waals surface area contributed by atoms with Crippen LogP contribution >= 0.6 is 23.8 Å². The third kappa shape index (κ3) is 6.99. The van der Waals surface area contributed by atoms with Gasteiger partial charge in [0.05, 0.1) is 30.5 Å². The number of hydrogen-bond acceptors (Lipinski definition) is 5. The average molecular weight is 316 g/mol. The molecule has 0 aliphatic carbocycles. The Morgan fingerprint density at radius 2 is 1.90 bits per heavy atom. The molecule has 20 heavy (non-hydrogen) atoms. The second-order valence-electron chi connectivity index (χ2n) is 4.58. The number of ether oxygens (including phenoxy) is 1. The zero-order valence-electron chi connectivity index (χ0n) is 12.3. The van der Waals surface area contributed by atoms with E-state index in [2.05, 4.69) is 6.26 Å². The van der Waals surface area contributed by atoms with Crippen molar-refractivity contribution in [2.75, 3.05) is 13.4 Å². The van der Waals surface area contributed by atoms with E-state index >= 15 is 0 Å². The molecular weight excluding hydrogens is 292 g/mol. The van der Waals surface area contributed by atoms with Crippen molar-refractivity contribution in [3.63, 3.8) is 0 Å². The zero-order chi connectivity index (χ0) is 14.8. The van der Waals surface area contributed by atoms with E-state index in [1.165, 1.54) is 12.0 Å². The zero-order valence-corrected chi connectivity index (χ0v) is 14.0. The molecule has 0 saturated heterocycles. The minimum Gasteiger partial charge on any atom is -0.391 e. The molecule has 0 aromatic heterocycles. The fraction of sp³-hybridized carbons (Fsp3) is 0.600. The van der Waals surface area contributed by atoms with Crippen LogP contribution in [0.3, 0.4) is 0 Å². The summed E-state index contributed by atoms with van der Waals surface area (Å²) in [6.45, 7) is 2.32. The summed E-state index contributed by atoms with van der Waals surface area (Å²) in [4.78, 5) is 0. The highest BCUT2D eigenvalue weighted by Crippen LogP contribution is 2.27. The van der Waals surface area contributed by atoms with Gasteiger partial charge in [-0.05, 0) is 31.6 Å². The van der Waals surface area contributed by atoms with Crippen LogP contribution in [0, 0.1) is 0 Å². The maximum Gasteiger partial charge on any atom is 0.0836 e. The highest BCUT2D eigenvalue weighted by atomic mass is 32.2. The second-order valence-corrected chi connectivity index (χ2v) is 7.01. The fourth-order valence-corrected chi connectivity index (χ4v) is 3.22. The molecule has 0 radical (unpaired) electrons. The van der Waals surface area contributed by atoms with Gasteiger partial charge in [0.1, 0.15) is 0 Å². The molecule has 1 unspecified atom stereocenters. The summed E-state index contributed by atoms with van der Waals surface area (Å²) in [7, 11) is 1.69. The second kappa shape index (κ2) is 10.5. The predicted octanol–water partition coefficient (Wildman–Crippen LogP) is 3.72. The van der Waals surface area contributed by atoms with Crippen LogP contribution in [0.5, 0.6) is 0 Å². The van der Waals surface area contributed by atoms with Crippen molar-refractivity contribution in [1.82, 2.24) is 0 Å². The van der Waals surface area contributed by atoms with Crippen molar-refractivity contribution in [2.24, 2.45) is 0 Å². The lowest BCUT2D eigenvalue weighted by Crippen LogP contribution is -2.27. The summed E-state index contributed by atoms with van der Waals surface area (Å²) in [5.74, 6) is 0. The molecule has 3 nitrogen and oxygen atoms in total. The van der Waals surface area contributed by atoms with Crippen LogP contribution in [-0.4, -0.2) is 35.3 Å². The van der Waals surface area contributed by atoms with Crippen molar-refractivity contribution in [2.45, 2.75) is 43.2 Å². The van der Waals surface area contributed by atoms with Gasteiger partial charge in [0.25, 0.3) is 0 Å². The van der Waals surface area contributed by atoms with Gasteiger partial charge >= 0.3 is 0 Å². The molecule has 0 fully saturated rings. The third-order valence-electron chi connectivity index (χ3n) is 3.00. The number of rotatable bonds is 10. The van der Waals surface area contributed by atoms with Gasteiger partial charge in [-0.25, -0.2) is 0 Å². The molecule has 5 heteroatoms. The van der Waals surface area contributed by atoms with E-state index in [0.29, 0.717) is 11.2 Å². The number of thioether (sulfide) groups is 1. The minimum absolute atomic E-state index is 0.137. The van der Waals surface area contributed by atoms with Crippen LogP contribution in [0.2, 0.25) is 0 Å². The lowest BCUT2D eigenvalue weighted by molar-refractivity contribution is -0.0424. The Labute approximate surface area is 130 Å². The number of benzene rings is 1. The Balaban J connectivity index is 2.40. The number of hydrogen-bond donors (Lipinski definition) is 1. The molecule has 0 bridgehead atoms. The standard InChI is InChI=1S/C15H24O3S2/c1-12(16)14(9-10-15(19-3)20-17-2)18-11-13-7-5-4-6-8-13/h4-8,12,14-16H,9-11H2,1-3H3/t12-,14-,15?/m0/s1. The third-order valence-corrected chi connectivity index (χ3v) is 5.22. The predicted molar refractivity (Wildman–Crippen MR) is 87.8 cm³/mol. The van der Waals surface area contributed by atoms with E-state index in [4.69, 9.17) is 8.92 Å². The van der Waals surface area contributed by atoms with Gasteiger partial charge in [0.15, 0.2) is 0 Å². The first-order valence-corrected chi connectivity index (χ1v) is 8.82. The monoisotopic (exact) mass is 316 g/mol. The van der Waals surface area contributed by atoms with Crippen LogP contribution in [0.1, 0.15) is 25.3 Å². The van der Waals surface area contributed by atoms with Crippen molar-refractivity contribution >= 4 is 23.8 Å². The maximum absolute atomic E-state index is 9.84. The molecule has 1 aromatic rings. The van der Waals surface area contributed by atoms with E-state index in [1.807, 2.05) is 30.3 Å². The Hall–Kier alpha value is -0.200. The Bertz CT molecular complexity index is 346. The van der Waals surface area contributed by atoms with Gasteiger partial charge in [0.2, 0.25) is 0 Å². The summed E-state index contributed by atoms with van der Waals surface area (Å²) in [5, 5.41) is 9.84. The van der Waals surface area contributed by atoms with Crippen molar-refractivity contribution in [3.05, 3.63) is 35.9 Å². The summed E-state index contributed by atoms with van der Waals surface area (Å²) >= 11 is 3.23. The molecule has 0 saturated carbocycles. The Kier molecular flexibility index (Phi) is 9.39. The number of aliphatic hydroxyl groups excluding tert-OH is 1. The fourth-order valence-electron chi connectivity index (χ4n) is 1.85. The average Bonchev–Trinajstić information content (AvgIpc) is 2.46. The molecule has 0 aliphatic heterocycles. The highest BCUT2D eigenvalue weighted by molar-refractivity contribution is 8.14. The molecule has 1 N–H and O–H groups in total. The van der Waals surface area contributed by atoms with Crippen LogP contribution in [0.25, 0.3) is 0 Å². The van der Waals surface area contributed by atoms with E-state index < -0.39 is 6.10 Å². The Morgan fingerprint density at radius 3 is 2.45 bits per heavy atom. The van der Waals surface area contributed by atoms with Crippen LogP contribution in [0.4, 0.5) is 0 Å². The molecule has 0 heterocycles. The smallest absolute Gasteiger partial charge is 0.0836 e. The van der Waals surface area contributed by atoms with Gasteiger partial charge < -0.3 is 14.0 Å². The topological polar surface area (TPSA) is 38.7 Å².